The molecule has 0 aliphatic carbocycles. The molecule has 0 radical (unpaired) electrons. The SMILES string of the molecule is CC(C)N1CCN(c2cc(-c3cn(Cc4ccc(-c5nnc(C(F)F)o5)cc4F)nn3)ccc2F)CC1. The number of rotatable bonds is 7. The van der Waals surface area contributed by atoms with Gasteiger partial charge in [0.15, 0.2) is 0 Å². The van der Waals surface area contributed by atoms with Crippen molar-refractivity contribution in [2.45, 2.75) is 32.9 Å². The maximum absolute atomic E-state index is 14.7. The first-order valence-corrected chi connectivity index (χ1v) is 11.9. The van der Waals surface area contributed by atoms with Gasteiger partial charge in [-0.3, -0.25) is 4.90 Å². The molecule has 4 aromatic rings. The van der Waals surface area contributed by atoms with Crippen molar-refractivity contribution in [1.29, 1.82) is 0 Å². The Morgan fingerprint density at radius 3 is 2.32 bits per heavy atom. The highest BCUT2D eigenvalue weighted by molar-refractivity contribution is 5.65. The van der Waals surface area contributed by atoms with E-state index < -0.39 is 18.1 Å². The molecule has 0 saturated carbocycles. The van der Waals surface area contributed by atoms with Gasteiger partial charge in [0.1, 0.15) is 17.3 Å². The summed E-state index contributed by atoms with van der Waals surface area (Å²) >= 11 is 0. The summed E-state index contributed by atoms with van der Waals surface area (Å²) in [5.41, 5.74) is 2.25. The molecular formula is C25H25F4N7O. The minimum atomic E-state index is -2.90. The molecule has 194 valence electrons. The van der Waals surface area contributed by atoms with E-state index in [9.17, 15) is 17.6 Å². The van der Waals surface area contributed by atoms with E-state index in [1.54, 1.807) is 18.3 Å². The molecule has 0 N–H and O–H groups in total. The number of hydrogen-bond acceptors (Lipinski definition) is 7. The fourth-order valence-corrected chi connectivity index (χ4v) is 4.32. The molecule has 37 heavy (non-hydrogen) atoms. The molecule has 0 atom stereocenters. The van der Waals surface area contributed by atoms with Crippen LogP contribution in [0, 0.1) is 11.6 Å². The summed E-state index contributed by atoms with van der Waals surface area (Å²) in [7, 11) is 0. The Morgan fingerprint density at radius 1 is 0.892 bits per heavy atom. The van der Waals surface area contributed by atoms with E-state index in [1.807, 2.05) is 4.90 Å². The van der Waals surface area contributed by atoms with E-state index in [4.69, 9.17) is 4.42 Å². The van der Waals surface area contributed by atoms with Crippen LogP contribution in [-0.4, -0.2) is 62.3 Å². The second-order valence-corrected chi connectivity index (χ2v) is 9.14. The zero-order valence-electron chi connectivity index (χ0n) is 20.3. The molecule has 0 bridgehead atoms. The molecule has 1 saturated heterocycles. The number of benzene rings is 2. The van der Waals surface area contributed by atoms with Crippen molar-refractivity contribution in [3.8, 4) is 22.7 Å². The van der Waals surface area contributed by atoms with Gasteiger partial charge in [0, 0.05) is 48.9 Å². The van der Waals surface area contributed by atoms with Gasteiger partial charge in [-0.15, -0.1) is 15.3 Å². The molecule has 0 amide bonds. The van der Waals surface area contributed by atoms with Crippen LogP contribution < -0.4 is 4.90 Å². The Hall–Kier alpha value is -3.80. The molecule has 0 spiro atoms. The predicted molar refractivity (Wildman–Crippen MR) is 128 cm³/mol. The lowest BCUT2D eigenvalue weighted by Crippen LogP contribution is -2.49. The van der Waals surface area contributed by atoms with Crippen LogP contribution >= 0.6 is 0 Å². The van der Waals surface area contributed by atoms with Gasteiger partial charge in [0.25, 0.3) is 5.89 Å². The summed E-state index contributed by atoms with van der Waals surface area (Å²) in [5, 5.41) is 15.1. The van der Waals surface area contributed by atoms with Gasteiger partial charge in [0.05, 0.1) is 18.4 Å². The van der Waals surface area contributed by atoms with E-state index in [1.165, 1.54) is 22.9 Å². The van der Waals surface area contributed by atoms with Gasteiger partial charge < -0.3 is 9.32 Å². The highest BCUT2D eigenvalue weighted by atomic mass is 19.3. The molecule has 8 nitrogen and oxygen atoms in total. The van der Waals surface area contributed by atoms with Crippen LogP contribution in [-0.2, 0) is 6.54 Å². The van der Waals surface area contributed by atoms with Crippen LogP contribution in [0.2, 0.25) is 0 Å². The fourth-order valence-electron chi connectivity index (χ4n) is 4.32. The van der Waals surface area contributed by atoms with E-state index in [-0.39, 0.29) is 23.8 Å². The second-order valence-electron chi connectivity index (χ2n) is 9.14. The van der Waals surface area contributed by atoms with Gasteiger partial charge in [0.2, 0.25) is 5.89 Å². The topological polar surface area (TPSA) is 76.1 Å². The minimum absolute atomic E-state index is 0.0798. The van der Waals surface area contributed by atoms with Crippen molar-refractivity contribution in [2.24, 2.45) is 0 Å². The average molecular weight is 516 g/mol. The number of aromatic nitrogens is 5. The summed E-state index contributed by atoms with van der Waals surface area (Å²) in [6, 6.07) is 9.42. The maximum atomic E-state index is 14.7. The third-order valence-electron chi connectivity index (χ3n) is 6.43. The van der Waals surface area contributed by atoms with Crippen LogP contribution in [0.3, 0.4) is 0 Å². The van der Waals surface area contributed by atoms with E-state index >= 15 is 0 Å². The molecule has 3 heterocycles. The Morgan fingerprint density at radius 2 is 1.65 bits per heavy atom. The molecule has 12 heteroatoms. The third-order valence-corrected chi connectivity index (χ3v) is 6.43. The molecule has 2 aromatic heterocycles. The quantitative estimate of drug-likeness (QED) is 0.328. The molecule has 0 unspecified atom stereocenters. The van der Waals surface area contributed by atoms with Gasteiger partial charge in [-0.2, -0.15) is 8.78 Å². The number of nitrogens with zero attached hydrogens (tertiary/aromatic N) is 7. The lowest BCUT2D eigenvalue weighted by Gasteiger charge is -2.38. The zero-order valence-corrected chi connectivity index (χ0v) is 20.3. The Labute approximate surface area is 210 Å². The molecule has 2 aromatic carbocycles. The van der Waals surface area contributed by atoms with Crippen LogP contribution in [0.5, 0.6) is 0 Å². The van der Waals surface area contributed by atoms with Gasteiger partial charge >= 0.3 is 6.43 Å². The fraction of sp³-hybridized carbons (Fsp3) is 0.360. The van der Waals surface area contributed by atoms with E-state index in [2.05, 4.69) is 39.3 Å². The largest absolute Gasteiger partial charge is 0.415 e. The summed E-state index contributed by atoms with van der Waals surface area (Å²) in [6.07, 6.45) is -1.24. The van der Waals surface area contributed by atoms with Crippen molar-refractivity contribution >= 4 is 5.69 Å². The maximum Gasteiger partial charge on any atom is 0.314 e. The van der Waals surface area contributed by atoms with Gasteiger partial charge in [-0.05, 0) is 44.2 Å². The predicted octanol–water partition coefficient (Wildman–Crippen LogP) is 4.79. The van der Waals surface area contributed by atoms with Crippen LogP contribution in [0.15, 0.2) is 47.0 Å². The van der Waals surface area contributed by atoms with E-state index in [0.717, 1.165) is 32.2 Å². The summed E-state index contributed by atoms with van der Waals surface area (Å²) in [4.78, 5) is 4.39. The molecule has 5 rings (SSSR count). The molecule has 1 fully saturated rings. The lowest BCUT2D eigenvalue weighted by atomic mass is 10.1. The monoisotopic (exact) mass is 515 g/mol. The zero-order chi connectivity index (χ0) is 26.1. The van der Waals surface area contributed by atoms with Crippen LogP contribution in [0.25, 0.3) is 22.7 Å². The van der Waals surface area contributed by atoms with Crippen molar-refractivity contribution < 1.29 is 22.0 Å². The second kappa shape index (κ2) is 10.3. The summed E-state index contributed by atoms with van der Waals surface area (Å²) < 4.78 is 61.1. The van der Waals surface area contributed by atoms with Crippen molar-refractivity contribution in [3.63, 3.8) is 0 Å². The normalized spacial score (nSPS) is 14.8. The van der Waals surface area contributed by atoms with Gasteiger partial charge in [-0.1, -0.05) is 11.3 Å². The van der Waals surface area contributed by atoms with E-state index in [0.29, 0.717) is 28.6 Å². The average Bonchev–Trinajstić information content (AvgIpc) is 3.56. The van der Waals surface area contributed by atoms with Gasteiger partial charge in [-0.25, -0.2) is 13.5 Å². The number of piperazine rings is 1. The Kier molecular flexibility index (Phi) is 6.92. The smallest absolute Gasteiger partial charge is 0.314 e. The number of anilines is 1. The first kappa shape index (κ1) is 24.9. The van der Waals surface area contributed by atoms with Crippen LogP contribution in [0.4, 0.5) is 23.2 Å². The molecule has 1 aliphatic rings. The van der Waals surface area contributed by atoms with Crippen molar-refractivity contribution in [3.05, 3.63) is 65.7 Å². The highest BCUT2D eigenvalue weighted by Gasteiger charge is 2.22. The third kappa shape index (κ3) is 5.33. The van der Waals surface area contributed by atoms with Crippen LogP contribution in [0.1, 0.15) is 31.7 Å². The summed E-state index contributed by atoms with van der Waals surface area (Å²) in [5.74, 6) is -1.90. The standard InChI is InChI=1S/C25H25F4N7O/c1-15(2)34-7-9-35(10-8-34)22-12-16(5-6-19(22)26)21-14-36(33-30-21)13-18-4-3-17(11-20(18)27)24-31-32-25(37-24)23(28)29/h3-6,11-12,14-15,23H,7-10,13H2,1-2H3. The van der Waals surface area contributed by atoms with Crippen molar-refractivity contribution in [1.82, 2.24) is 30.1 Å². The number of hydrogen-bond donors (Lipinski definition) is 0. The number of halogens is 4. The summed E-state index contributed by atoms with van der Waals surface area (Å²) in [6.45, 7) is 7.57. The molecular weight excluding hydrogens is 490 g/mol. The Balaban J connectivity index is 1.30. The number of alkyl halides is 2. The first-order chi connectivity index (χ1) is 17.8. The molecule has 1 aliphatic heterocycles. The van der Waals surface area contributed by atoms with Crippen molar-refractivity contribution in [2.75, 3.05) is 31.1 Å². The minimum Gasteiger partial charge on any atom is -0.415 e. The lowest BCUT2D eigenvalue weighted by molar-refractivity contribution is 0.116. The Bertz CT molecular complexity index is 1380. The highest BCUT2D eigenvalue weighted by Crippen LogP contribution is 2.28. The first-order valence-electron chi connectivity index (χ1n) is 11.9.